The van der Waals surface area contributed by atoms with Gasteiger partial charge in [0.1, 0.15) is 0 Å². The van der Waals surface area contributed by atoms with Gasteiger partial charge in [-0.05, 0) is 18.1 Å². The molecule has 0 aromatic carbocycles. The Labute approximate surface area is 72.6 Å². The van der Waals surface area contributed by atoms with Crippen LogP contribution in [0.25, 0.3) is 4.91 Å². The average molecular weight is 165 g/mol. The van der Waals surface area contributed by atoms with Crippen LogP contribution in [0, 0.1) is 0 Å². The van der Waals surface area contributed by atoms with E-state index >= 15 is 0 Å². The van der Waals surface area contributed by atoms with E-state index in [0.29, 0.717) is 4.91 Å². The number of pyridine rings is 1. The van der Waals surface area contributed by atoms with Crippen LogP contribution in [0.4, 0.5) is 0 Å². The minimum absolute atomic E-state index is 0.715. The van der Waals surface area contributed by atoms with Crippen LogP contribution in [-0.2, 0) is 6.42 Å². The second-order valence-corrected chi connectivity index (χ2v) is 2.89. The summed E-state index contributed by atoms with van der Waals surface area (Å²) in [7, 11) is 0. The molecule has 2 heteroatoms. The number of aromatic nitrogens is 1. The molecule has 58 valence electrons. The van der Waals surface area contributed by atoms with Crippen molar-refractivity contribution in [1.29, 1.82) is 0 Å². The first-order valence-electron chi connectivity index (χ1n) is 3.57. The summed E-state index contributed by atoms with van der Waals surface area (Å²) in [6.45, 7) is 5.79. The van der Waals surface area contributed by atoms with Crippen LogP contribution >= 0.6 is 12.6 Å². The maximum Gasteiger partial charge on any atom is 0.0756 e. The summed E-state index contributed by atoms with van der Waals surface area (Å²) in [6, 6.07) is 3.98. The average Bonchev–Trinajstić information content (AvgIpc) is 2.05. The summed E-state index contributed by atoms with van der Waals surface area (Å²) < 4.78 is 0. The van der Waals surface area contributed by atoms with Crippen molar-refractivity contribution >= 4 is 17.5 Å². The van der Waals surface area contributed by atoms with Crippen molar-refractivity contribution < 1.29 is 0 Å². The third-order valence-corrected chi connectivity index (χ3v) is 1.76. The number of aryl methyl sites for hydroxylation is 1. The quantitative estimate of drug-likeness (QED) is 0.664. The van der Waals surface area contributed by atoms with Gasteiger partial charge >= 0.3 is 0 Å². The Morgan fingerprint density at radius 3 is 2.73 bits per heavy atom. The van der Waals surface area contributed by atoms with Crippen LogP contribution in [0.2, 0.25) is 0 Å². The molecule has 0 fully saturated rings. The van der Waals surface area contributed by atoms with E-state index in [9.17, 15) is 0 Å². The molecule has 1 aromatic rings. The third kappa shape index (κ3) is 2.09. The molecule has 0 N–H and O–H groups in total. The Balaban J connectivity index is 2.91. The minimum Gasteiger partial charge on any atom is -0.255 e. The molecule has 0 spiro atoms. The molecule has 0 atom stereocenters. The van der Waals surface area contributed by atoms with E-state index in [4.69, 9.17) is 0 Å². The van der Waals surface area contributed by atoms with Gasteiger partial charge < -0.3 is 0 Å². The number of rotatable bonds is 2. The van der Waals surface area contributed by atoms with Gasteiger partial charge in [-0.1, -0.05) is 19.6 Å². The van der Waals surface area contributed by atoms with Gasteiger partial charge in [-0.3, -0.25) is 4.98 Å². The predicted octanol–water partition coefficient (Wildman–Crippen LogP) is 2.54. The van der Waals surface area contributed by atoms with Gasteiger partial charge in [-0.2, -0.15) is 0 Å². The Morgan fingerprint density at radius 2 is 2.36 bits per heavy atom. The second kappa shape index (κ2) is 3.58. The normalized spacial score (nSPS) is 9.64. The lowest BCUT2D eigenvalue weighted by molar-refractivity contribution is 1.10. The molecule has 0 radical (unpaired) electrons. The van der Waals surface area contributed by atoms with Crippen LogP contribution in [0.3, 0.4) is 0 Å². The summed E-state index contributed by atoms with van der Waals surface area (Å²) in [4.78, 5) is 4.89. The van der Waals surface area contributed by atoms with Gasteiger partial charge in [0.2, 0.25) is 0 Å². The van der Waals surface area contributed by atoms with Crippen LogP contribution < -0.4 is 0 Å². The van der Waals surface area contributed by atoms with Crippen molar-refractivity contribution in [3.05, 3.63) is 36.2 Å². The van der Waals surface area contributed by atoms with E-state index in [1.54, 1.807) is 0 Å². The highest BCUT2D eigenvalue weighted by Crippen LogP contribution is 2.12. The summed E-state index contributed by atoms with van der Waals surface area (Å²) in [5.41, 5.74) is 2.09. The van der Waals surface area contributed by atoms with E-state index in [0.717, 1.165) is 12.1 Å². The Kier molecular flexibility index (Phi) is 2.71. The monoisotopic (exact) mass is 165 g/mol. The number of hydrogen-bond donors (Lipinski definition) is 1. The maximum atomic E-state index is 4.17. The standard InChI is InChI=1S/C9H11NS/c1-3-8-4-5-9(7(2)11)10-6-8/h4-6,11H,2-3H2,1H3. The maximum absolute atomic E-state index is 4.17. The fourth-order valence-electron chi connectivity index (χ4n) is 0.804. The fraction of sp³-hybridized carbons (Fsp3) is 0.222. The molecule has 0 aliphatic carbocycles. The lowest BCUT2D eigenvalue weighted by Gasteiger charge is -1.98. The van der Waals surface area contributed by atoms with Crippen molar-refractivity contribution in [2.75, 3.05) is 0 Å². The lowest BCUT2D eigenvalue weighted by Crippen LogP contribution is -1.86. The van der Waals surface area contributed by atoms with Gasteiger partial charge in [0, 0.05) is 11.1 Å². The molecular formula is C9H11NS. The summed E-state index contributed by atoms with van der Waals surface area (Å²) in [6.07, 6.45) is 2.88. The molecule has 0 saturated heterocycles. The molecule has 0 unspecified atom stereocenters. The zero-order valence-corrected chi connectivity index (χ0v) is 7.44. The SMILES string of the molecule is C=C(S)c1ccc(CC)cn1. The van der Waals surface area contributed by atoms with Gasteiger partial charge in [0.15, 0.2) is 0 Å². The van der Waals surface area contributed by atoms with Crippen LogP contribution in [0.1, 0.15) is 18.2 Å². The molecule has 0 aliphatic heterocycles. The highest BCUT2D eigenvalue weighted by atomic mass is 32.1. The van der Waals surface area contributed by atoms with Crippen molar-refractivity contribution in [2.24, 2.45) is 0 Å². The van der Waals surface area contributed by atoms with Crippen molar-refractivity contribution in [2.45, 2.75) is 13.3 Å². The first kappa shape index (κ1) is 8.34. The molecule has 1 rings (SSSR count). The molecule has 1 heterocycles. The number of thiol groups is 1. The van der Waals surface area contributed by atoms with E-state index in [1.165, 1.54) is 5.56 Å². The van der Waals surface area contributed by atoms with Gasteiger partial charge in [-0.15, -0.1) is 12.6 Å². The molecule has 0 amide bonds. The minimum atomic E-state index is 0.715. The summed E-state index contributed by atoms with van der Waals surface area (Å²) >= 11 is 4.09. The van der Waals surface area contributed by atoms with Crippen molar-refractivity contribution in [3.8, 4) is 0 Å². The molecule has 0 bridgehead atoms. The summed E-state index contributed by atoms with van der Waals surface area (Å²) in [5.74, 6) is 0. The first-order valence-corrected chi connectivity index (χ1v) is 4.02. The molecule has 1 aromatic heterocycles. The fourth-order valence-corrected chi connectivity index (χ4v) is 0.937. The summed E-state index contributed by atoms with van der Waals surface area (Å²) in [5, 5.41) is 0. The smallest absolute Gasteiger partial charge is 0.0756 e. The molecule has 1 nitrogen and oxygen atoms in total. The van der Waals surface area contributed by atoms with E-state index in [2.05, 4.69) is 31.1 Å². The lowest BCUT2D eigenvalue weighted by atomic mass is 10.2. The zero-order chi connectivity index (χ0) is 8.27. The first-order chi connectivity index (χ1) is 5.24. The molecule has 11 heavy (non-hydrogen) atoms. The van der Waals surface area contributed by atoms with Crippen molar-refractivity contribution in [1.82, 2.24) is 4.98 Å². The van der Waals surface area contributed by atoms with E-state index in [-0.39, 0.29) is 0 Å². The highest BCUT2D eigenvalue weighted by Gasteiger charge is 1.94. The Morgan fingerprint density at radius 1 is 1.64 bits per heavy atom. The van der Waals surface area contributed by atoms with Crippen LogP contribution in [-0.4, -0.2) is 4.98 Å². The topological polar surface area (TPSA) is 12.9 Å². The van der Waals surface area contributed by atoms with E-state index < -0.39 is 0 Å². The zero-order valence-electron chi connectivity index (χ0n) is 6.54. The Hall–Kier alpha value is -0.760. The highest BCUT2D eigenvalue weighted by molar-refractivity contribution is 7.90. The largest absolute Gasteiger partial charge is 0.255 e. The molecular weight excluding hydrogens is 154 g/mol. The number of hydrogen-bond acceptors (Lipinski definition) is 2. The number of nitrogens with zero attached hydrogens (tertiary/aromatic N) is 1. The van der Waals surface area contributed by atoms with Gasteiger partial charge in [-0.25, -0.2) is 0 Å². The van der Waals surface area contributed by atoms with Crippen LogP contribution in [0.15, 0.2) is 24.9 Å². The predicted molar refractivity (Wildman–Crippen MR) is 51.6 cm³/mol. The van der Waals surface area contributed by atoms with Crippen molar-refractivity contribution in [3.63, 3.8) is 0 Å². The second-order valence-electron chi connectivity index (χ2n) is 2.35. The third-order valence-electron chi connectivity index (χ3n) is 1.53. The van der Waals surface area contributed by atoms with Gasteiger partial charge in [0.25, 0.3) is 0 Å². The molecule has 0 saturated carbocycles. The molecule has 0 aliphatic rings. The van der Waals surface area contributed by atoms with Crippen LogP contribution in [0.5, 0.6) is 0 Å². The Bertz CT molecular complexity index is 251. The van der Waals surface area contributed by atoms with E-state index in [1.807, 2.05) is 18.3 Å². The van der Waals surface area contributed by atoms with Gasteiger partial charge in [0.05, 0.1) is 5.69 Å².